The number of aromatic nitrogens is 2. The van der Waals surface area contributed by atoms with Crippen LogP contribution in [0.3, 0.4) is 0 Å². The van der Waals surface area contributed by atoms with Crippen molar-refractivity contribution < 1.29 is 14.4 Å². The summed E-state index contributed by atoms with van der Waals surface area (Å²) < 4.78 is 6.43. The zero-order valence-electron chi connectivity index (χ0n) is 14.8. The van der Waals surface area contributed by atoms with Gasteiger partial charge in [-0.2, -0.15) is 0 Å². The first kappa shape index (κ1) is 19.3. The van der Waals surface area contributed by atoms with E-state index in [1.165, 1.54) is 0 Å². The topological polar surface area (TPSA) is 73.3 Å². The van der Waals surface area contributed by atoms with Gasteiger partial charge in [0.25, 0.3) is 5.91 Å². The molecule has 144 valence electrons. The number of halogens is 2. The van der Waals surface area contributed by atoms with E-state index in [-0.39, 0.29) is 10.6 Å². The van der Waals surface area contributed by atoms with Crippen LogP contribution in [0.4, 0.5) is 0 Å². The molecule has 1 fully saturated rings. The van der Waals surface area contributed by atoms with Gasteiger partial charge in [-0.15, -0.1) is 0 Å². The van der Waals surface area contributed by atoms with E-state index in [1.807, 2.05) is 24.3 Å². The Balaban J connectivity index is 1.72. The summed E-state index contributed by atoms with van der Waals surface area (Å²) in [6, 6.07) is 9.31. The van der Waals surface area contributed by atoms with Crippen LogP contribution in [0.2, 0.25) is 5.02 Å². The van der Waals surface area contributed by atoms with Crippen molar-refractivity contribution in [2.45, 2.75) is 25.6 Å². The highest BCUT2D eigenvalue weighted by Gasteiger charge is 2.23. The number of ether oxygens (including phenoxy) is 1. The molecule has 1 unspecified atom stereocenters. The molecule has 0 bridgehead atoms. The van der Waals surface area contributed by atoms with Crippen LogP contribution < -0.4 is 5.48 Å². The SMILES string of the molecule is O=C(NOC1CCCCO1)c1c(Cl)c(-c2ccc(Br)cc2)nc2ccncc12. The van der Waals surface area contributed by atoms with Crippen LogP contribution in [0, 0.1) is 0 Å². The molecule has 8 heteroatoms. The summed E-state index contributed by atoms with van der Waals surface area (Å²) in [4.78, 5) is 27.1. The van der Waals surface area contributed by atoms with Gasteiger partial charge in [-0.1, -0.05) is 39.7 Å². The van der Waals surface area contributed by atoms with Crippen molar-refractivity contribution in [3.05, 3.63) is 57.8 Å². The van der Waals surface area contributed by atoms with E-state index in [0.717, 1.165) is 29.3 Å². The van der Waals surface area contributed by atoms with E-state index >= 15 is 0 Å². The summed E-state index contributed by atoms with van der Waals surface area (Å²) >= 11 is 10.0. The average molecular weight is 463 g/mol. The maximum Gasteiger partial charge on any atom is 0.277 e. The summed E-state index contributed by atoms with van der Waals surface area (Å²) in [5.41, 5.74) is 4.69. The highest BCUT2D eigenvalue weighted by atomic mass is 79.9. The number of carbonyl (C=O) groups is 1. The van der Waals surface area contributed by atoms with Gasteiger partial charge in [-0.3, -0.25) is 9.78 Å². The molecule has 1 amide bonds. The van der Waals surface area contributed by atoms with Crippen molar-refractivity contribution in [1.82, 2.24) is 15.4 Å². The number of benzene rings is 1. The molecule has 0 spiro atoms. The predicted molar refractivity (Wildman–Crippen MR) is 110 cm³/mol. The van der Waals surface area contributed by atoms with E-state index < -0.39 is 12.2 Å². The molecule has 1 aliphatic rings. The van der Waals surface area contributed by atoms with Crippen molar-refractivity contribution in [3.8, 4) is 11.3 Å². The summed E-state index contributed by atoms with van der Waals surface area (Å²) in [7, 11) is 0. The van der Waals surface area contributed by atoms with Gasteiger partial charge in [0.1, 0.15) is 0 Å². The molecule has 6 nitrogen and oxygen atoms in total. The first-order valence-electron chi connectivity index (χ1n) is 8.90. The number of nitrogens with one attached hydrogen (secondary N) is 1. The van der Waals surface area contributed by atoms with Crippen LogP contribution in [0.25, 0.3) is 22.2 Å². The Bertz CT molecular complexity index is 1010. The Labute approximate surface area is 175 Å². The van der Waals surface area contributed by atoms with E-state index in [0.29, 0.717) is 23.2 Å². The normalized spacial score (nSPS) is 16.9. The summed E-state index contributed by atoms with van der Waals surface area (Å²) in [5, 5.41) is 0.799. The summed E-state index contributed by atoms with van der Waals surface area (Å²) in [6.07, 6.45) is 5.48. The van der Waals surface area contributed by atoms with Gasteiger partial charge in [0, 0.05) is 40.8 Å². The number of nitrogens with zero attached hydrogens (tertiary/aromatic N) is 2. The first-order chi connectivity index (χ1) is 13.6. The fourth-order valence-corrected chi connectivity index (χ4v) is 3.68. The van der Waals surface area contributed by atoms with Gasteiger partial charge < -0.3 is 4.74 Å². The Morgan fingerprint density at radius 1 is 1.25 bits per heavy atom. The molecule has 1 aliphatic heterocycles. The van der Waals surface area contributed by atoms with Crippen LogP contribution >= 0.6 is 27.5 Å². The quantitative estimate of drug-likeness (QED) is 0.558. The summed E-state index contributed by atoms with van der Waals surface area (Å²) in [5.74, 6) is -0.460. The van der Waals surface area contributed by atoms with Crippen LogP contribution in [-0.2, 0) is 9.57 Å². The third-order valence-electron chi connectivity index (χ3n) is 4.49. The number of amides is 1. The fraction of sp³-hybridized carbons (Fsp3) is 0.250. The molecule has 2 aromatic heterocycles. The number of rotatable bonds is 4. The van der Waals surface area contributed by atoms with E-state index in [1.54, 1.807) is 18.5 Å². The van der Waals surface area contributed by atoms with Gasteiger partial charge >= 0.3 is 0 Å². The second-order valence-electron chi connectivity index (χ2n) is 6.39. The lowest BCUT2D eigenvalue weighted by Crippen LogP contribution is -2.33. The Morgan fingerprint density at radius 2 is 2.07 bits per heavy atom. The van der Waals surface area contributed by atoms with Gasteiger partial charge in [0.15, 0.2) is 6.29 Å². The van der Waals surface area contributed by atoms with Gasteiger partial charge in [0.2, 0.25) is 0 Å². The third-order valence-corrected chi connectivity index (χ3v) is 5.39. The molecule has 1 saturated heterocycles. The van der Waals surface area contributed by atoms with Gasteiger partial charge in [0.05, 0.1) is 21.8 Å². The van der Waals surface area contributed by atoms with Crippen LogP contribution in [0.1, 0.15) is 29.6 Å². The van der Waals surface area contributed by atoms with Crippen molar-refractivity contribution >= 4 is 44.3 Å². The lowest BCUT2D eigenvalue weighted by molar-refractivity contribution is -0.186. The van der Waals surface area contributed by atoms with E-state index in [4.69, 9.17) is 21.2 Å². The van der Waals surface area contributed by atoms with Crippen molar-refractivity contribution in [3.63, 3.8) is 0 Å². The molecule has 28 heavy (non-hydrogen) atoms. The van der Waals surface area contributed by atoms with E-state index in [9.17, 15) is 4.79 Å². The molecule has 3 aromatic rings. The molecule has 3 heterocycles. The molecular formula is C20H17BrClN3O3. The smallest absolute Gasteiger partial charge is 0.277 e. The zero-order chi connectivity index (χ0) is 19.5. The minimum absolute atomic E-state index is 0.244. The average Bonchev–Trinajstić information content (AvgIpc) is 2.73. The monoisotopic (exact) mass is 461 g/mol. The molecule has 1 N–H and O–H groups in total. The lowest BCUT2D eigenvalue weighted by atomic mass is 10.0. The molecule has 0 radical (unpaired) electrons. The number of hydrogen-bond acceptors (Lipinski definition) is 5. The second kappa shape index (κ2) is 8.53. The highest BCUT2D eigenvalue weighted by molar-refractivity contribution is 9.10. The molecular weight excluding hydrogens is 446 g/mol. The van der Waals surface area contributed by atoms with E-state index in [2.05, 4.69) is 31.4 Å². The lowest BCUT2D eigenvalue weighted by Gasteiger charge is -2.22. The van der Waals surface area contributed by atoms with Crippen molar-refractivity contribution in [2.24, 2.45) is 0 Å². The van der Waals surface area contributed by atoms with Crippen LogP contribution in [0.15, 0.2) is 47.2 Å². The highest BCUT2D eigenvalue weighted by Crippen LogP contribution is 2.34. The molecule has 0 saturated carbocycles. The molecule has 0 aliphatic carbocycles. The predicted octanol–water partition coefficient (Wildman–Crippen LogP) is 4.90. The number of hydroxylamine groups is 1. The fourth-order valence-electron chi connectivity index (χ4n) is 3.08. The zero-order valence-corrected chi connectivity index (χ0v) is 17.2. The number of pyridine rings is 2. The molecule has 1 atom stereocenters. The Hall–Kier alpha value is -2.06. The second-order valence-corrected chi connectivity index (χ2v) is 7.69. The van der Waals surface area contributed by atoms with Crippen LogP contribution in [0.5, 0.6) is 0 Å². The first-order valence-corrected chi connectivity index (χ1v) is 10.1. The maximum atomic E-state index is 12.9. The molecule has 4 rings (SSSR count). The van der Waals surface area contributed by atoms with Crippen LogP contribution in [-0.4, -0.2) is 28.8 Å². The number of carbonyl (C=O) groups excluding carboxylic acids is 1. The van der Waals surface area contributed by atoms with Gasteiger partial charge in [-0.05, 0) is 31.0 Å². The number of fused-ring (bicyclic) bond motifs is 1. The maximum absolute atomic E-state index is 12.9. The third kappa shape index (κ3) is 4.03. The standard InChI is InChI=1S/C20H17BrClN3O3/c21-13-6-4-12(5-7-13)19-18(22)17(14-11-23-9-8-15(14)24-19)20(26)25-28-16-3-1-2-10-27-16/h4-9,11,16H,1-3,10H2,(H,25,26). The van der Waals surface area contributed by atoms with Crippen molar-refractivity contribution in [1.29, 1.82) is 0 Å². The minimum atomic E-state index is -0.460. The number of hydrogen-bond donors (Lipinski definition) is 1. The largest absolute Gasteiger partial charge is 0.350 e. The summed E-state index contributed by atoms with van der Waals surface area (Å²) in [6.45, 7) is 0.622. The molecule has 1 aromatic carbocycles. The Morgan fingerprint density at radius 3 is 2.82 bits per heavy atom. The minimum Gasteiger partial charge on any atom is -0.350 e. The Kier molecular flexibility index (Phi) is 5.87. The van der Waals surface area contributed by atoms with Crippen molar-refractivity contribution in [2.75, 3.05) is 6.61 Å². The van der Waals surface area contributed by atoms with Gasteiger partial charge in [-0.25, -0.2) is 15.3 Å².